The second-order valence-corrected chi connectivity index (χ2v) is 5.97. The number of anilines is 1. The summed E-state index contributed by atoms with van der Waals surface area (Å²) in [4.78, 5) is 27.6. The number of hydrogen-bond donors (Lipinski definition) is 4. The van der Waals surface area contributed by atoms with Crippen molar-refractivity contribution in [2.24, 2.45) is 0 Å². The van der Waals surface area contributed by atoms with Gasteiger partial charge in [-0.2, -0.15) is 0 Å². The molecule has 0 aliphatic rings. The van der Waals surface area contributed by atoms with Gasteiger partial charge in [0.25, 0.3) is 5.91 Å². The number of aliphatic hydroxyl groups is 2. The van der Waals surface area contributed by atoms with Crippen LogP contribution in [0.1, 0.15) is 28.7 Å². The molecule has 3 aromatic rings. The maximum absolute atomic E-state index is 12.7. The highest BCUT2D eigenvalue weighted by Gasteiger charge is 2.24. The van der Waals surface area contributed by atoms with Gasteiger partial charge in [0.2, 0.25) is 5.78 Å². The number of H-pyrrole nitrogens is 1. The molecule has 0 aliphatic heterocycles. The average Bonchev–Trinajstić information content (AvgIpc) is 3.18. The molecule has 0 unspecified atom stereocenters. The SMILES string of the molecule is C[C@H](O)C(=O)Nc1c(C(=O)c2cc(CO)co2)[nH]c2cc(Cl)ccc12. The van der Waals surface area contributed by atoms with Gasteiger partial charge in [0, 0.05) is 21.5 Å². The minimum Gasteiger partial charge on any atom is -0.460 e. The Morgan fingerprint density at radius 1 is 1.36 bits per heavy atom. The van der Waals surface area contributed by atoms with Crippen molar-refractivity contribution in [2.45, 2.75) is 19.6 Å². The number of halogens is 1. The van der Waals surface area contributed by atoms with Crippen LogP contribution in [0, 0.1) is 0 Å². The molecule has 4 N–H and O–H groups in total. The molecule has 0 fully saturated rings. The number of ketones is 1. The molecule has 0 saturated carbocycles. The van der Waals surface area contributed by atoms with Gasteiger partial charge in [0.15, 0.2) is 5.76 Å². The minimum atomic E-state index is -1.25. The summed E-state index contributed by atoms with van der Waals surface area (Å²) >= 11 is 5.98. The summed E-state index contributed by atoms with van der Waals surface area (Å²) in [6.45, 7) is 1.06. The lowest BCUT2D eigenvalue weighted by Gasteiger charge is -2.08. The zero-order valence-corrected chi connectivity index (χ0v) is 13.9. The molecule has 1 aromatic carbocycles. The van der Waals surface area contributed by atoms with Crippen LogP contribution in [0.25, 0.3) is 10.9 Å². The number of carbonyl (C=O) groups excluding carboxylic acids is 2. The summed E-state index contributed by atoms with van der Waals surface area (Å²) in [5.74, 6) is -1.15. The van der Waals surface area contributed by atoms with Crippen LogP contribution >= 0.6 is 11.6 Å². The lowest BCUT2D eigenvalue weighted by Crippen LogP contribution is -2.25. The molecular formula is C17H15ClN2O5. The number of aromatic nitrogens is 1. The van der Waals surface area contributed by atoms with Crippen LogP contribution in [0.5, 0.6) is 0 Å². The van der Waals surface area contributed by atoms with E-state index in [0.717, 1.165) is 0 Å². The second-order valence-electron chi connectivity index (χ2n) is 5.54. The van der Waals surface area contributed by atoms with E-state index in [-0.39, 0.29) is 23.7 Å². The smallest absolute Gasteiger partial charge is 0.252 e. The second kappa shape index (κ2) is 6.72. The van der Waals surface area contributed by atoms with Gasteiger partial charge in [0.05, 0.1) is 18.6 Å². The number of benzene rings is 1. The number of amides is 1. The fourth-order valence-electron chi connectivity index (χ4n) is 2.40. The molecule has 2 heterocycles. The fourth-order valence-corrected chi connectivity index (χ4v) is 2.57. The van der Waals surface area contributed by atoms with Crippen molar-refractivity contribution in [1.29, 1.82) is 0 Å². The zero-order valence-electron chi connectivity index (χ0n) is 13.2. The van der Waals surface area contributed by atoms with E-state index in [0.29, 0.717) is 21.5 Å². The first-order valence-electron chi connectivity index (χ1n) is 7.44. The third kappa shape index (κ3) is 3.30. The van der Waals surface area contributed by atoms with Gasteiger partial charge in [0.1, 0.15) is 11.8 Å². The Bertz CT molecular complexity index is 957. The molecule has 3 rings (SSSR count). The maximum Gasteiger partial charge on any atom is 0.252 e. The third-order valence-corrected chi connectivity index (χ3v) is 3.91. The summed E-state index contributed by atoms with van der Waals surface area (Å²) in [6, 6.07) is 6.32. The van der Waals surface area contributed by atoms with Crippen LogP contribution in [0.4, 0.5) is 5.69 Å². The topological polar surface area (TPSA) is 116 Å². The number of aliphatic hydroxyl groups excluding tert-OH is 2. The Labute approximate surface area is 147 Å². The van der Waals surface area contributed by atoms with Crippen LogP contribution in [0.15, 0.2) is 34.9 Å². The van der Waals surface area contributed by atoms with E-state index in [9.17, 15) is 14.7 Å². The summed E-state index contributed by atoms with van der Waals surface area (Å²) in [7, 11) is 0. The normalized spacial score (nSPS) is 12.3. The summed E-state index contributed by atoms with van der Waals surface area (Å²) < 4.78 is 5.18. The molecule has 7 nitrogen and oxygen atoms in total. The molecule has 0 radical (unpaired) electrons. The number of carbonyl (C=O) groups is 2. The predicted octanol–water partition coefficient (Wildman–Crippen LogP) is 2.46. The Morgan fingerprint density at radius 3 is 2.76 bits per heavy atom. The van der Waals surface area contributed by atoms with Gasteiger partial charge in [-0.1, -0.05) is 11.6 Å². The molecule has 0 spiro atoms. The molecule has 1 atom stereocenters. The first kappa shape index (κ1) is 17.2. The maximum atomic E-state index is 12.7. The van der Waals surface area contributed by atoms with E-state index < -0.39 is 17.8 Å². The largest absolute Gasteiger partial charge is 0.460 e. The van der Waals surface area contributed by atoms with Gasteiger partial charge in [-0.25, -0.2) is 0 Å². The van der Waals surface area contributed by atoms with Crippen LogP contribution in [0.3, 0.4) is 0 Å². The average molecular weight is 363 g/mol. The lowest BCUT2D eigenvalue weighted by molar-refractivity contribution is -0.123. The van der Waals surface area contributed by atoms with Gasteiger partial charge in [-0.3, -0.25) is 9.59 Å². The van der Waals surface area contributed by atoms with Crippen LogP contribution in [-0.4, -0.2) is 33.0 Å². The Kier molecular flexibility index (Phi) is 4.63. The first-order chi connectivity index (χ1) is 11.9. The van der Waals surface area contributed by atoms with Crippen molar-refractivity contribution in [1.82, 2.24) is 4.98 Å². The van der Waals surface area contributed by atoms with Crippen molar-refractivity contribution >= 4 is 39.9 Å². The molecule has 0 bridgehead atoms. The number of nitrogens with one attached hydrogen (secondary N) is 2. The Hall–Kier alpha value is -2.61. The highest BCUT2D eigenvalue weighted by Crippen LogP contribution is 2.31. The van der Waals surface area contributed by atoms with Crippen LogP contribution < -0.4 is 5.32 Å². The fraction of sp³-hybridized carbons (Fsp3) is 0.176. The number of aromatic amines is 1. The standard InChI is InChI=1S/C17H15ClN2O5/c1-8(22)17(24)20-14-11-3-2-10(18)5-12(11)19-15(14)16(23)13-4-9(6-21)7-25-13/h2-5,7-8,19,21-22H,6H2,1H3,(H,20,24)/t8-/m0/s1. The number of fused-ring (bicyclic) bond motifs is 1. The monoisotopic (exact) mass is 362 g/mol. The highest BCUT2D eigenvalue weighted by atomic mass is 35.5. The molecule has 2 aromatic heterocycles. The summed E-state index contributed by atoms with van der Waals surface area (Å²) in [5, 5.41) is 22.1. The van der Waals surface area contributed by atoms with Crippen molar-refractivity contribution in [2.75, 3.05) is 5.32 Å². The van der Waals surface area contributed by atoms with Gasteiger partial charge in [-0.15, -0.1) is 0 Å². The Balaban J connectivity index is 2.11. The van der Waals surface area contributed by atoms with E-state index in [1.165, 1.54) is 19.3 Å². The first-order valence-corrected chi connectivity index (χ1v) is 7.81. The quantitative estimate of drug-likeness (QED) is 0.520. The molecule has 130 valence electrons. The number of rotatable bonds is 5. The Morgan fingerprint density at radius 2 is 2.12 bits per heavy atom. The van der Waals surface area contributed by atoms with E-state index in [1.54, 1.807) is 18.2 Å². The minimum absolute atomic E-state index is 0.00856. The lowest BCUT2D eigenvalue weighted by atomic mass is 10.1. The van der Waals surface area contributed by atoms with Crippen molar-refractivity contribution in [3.63, 3.8) is 0 Å². The molecule has 8 heteroatoms. The third-order valence-electron chi connectivity index (χ3n) is 3.68. The summed E-state index contributed by atoms with van der Waals surface area (Å²) in [6.07, 6.45) is 0.0330. The number of furan rings is 1. The van der Waals surface area contributed by atoms with Gasteiger partial charge in [-0.05, 0) is 31.2 Å². The van der Waals surface area contributed by atoms with Gasteiger partial charge >= 0.3 is 0 Å². The molecule has 1 amide bonds. The van der Waals surface area contributed by atoms with Crippen molar-refractivity contribution < 1.29 is 24.2 Å². The van der Waals surface area contributed by atoms with Gasteiger partial charge < -0.3 is 24.9 Å². The van der Waals surface area contributed by atoms with Crippen molar-refractivity contribution in [3.05, 3.63) is 52.6 Å². The predicted molar refractivity (Wildman–Crippen MR) is 91.7 cm³/mol. The van der Waals surface area contributed by atoms with E-state index >= 15 is 0 Å². The highest BCUT2D eigenvalue weighted by molar-refractivity contribution is 6.31. The zero-order chi connectivity index (χ0) is 18.1. The summed E-state index contributed by atoms with van der Waals surface area (Å²) in [5.41, 5.74) is 1.32. The molecule has 0 saturated heterocycles. The van der Waals surface area contributed by atoms with E-state index in [4.69, 9.17) is 21.1 Å². The van der Waals surface area contributed by atoms with Crippen LogP contribution in [-0.2, 0) is 11.4 Å². The number of hydrogen-bond acceptors (Lipinski definition) is 5. The van der Waals surface area contributed by atoms with E-state index in [1.807, 2.05) is 0 Å². The van der Waals surface area contributed by atoms with E-state index in [2.05, 4.69) is 10.3 Å². The van der Waals surface area contributed by atoms with Crippen LogP contribution in [0.2, 0.25) is 5.02 Å². The van der Waals surface area contributed by atoms with Crippen molar-refractivity contribution in [3.8, 4) is 0 Å². The molecule has 25 heavy (non-hydrogen) atoms. The molecule has 0 aliphatic carbocycles. The molecular weight excluding hydrogens is 348 g/mol.